The van der Waals surface area contributed by atoms with E-state index < -0.39 is 23.4 Å². The van der Waals surface area contributed by atoms with Crippen molar-refractivity contribution in [2.75, 3.05) is 13.6 Å². The third-order valence-electron chi connectivity index (χ3n) is 3.90. The second-order valence-electron chi connectivity index (χ2n) is 5.58. The number of carbonyl (C=O) groups is 1. The quantitative estimate of drug-likeness (QED) is 0.858. The van der Waals surface area contributed by atoms with E-state index in [1.54, 1.807) is 4.57 Å². The first kappa shape index (κ1) is 15.5. The van der Waals surface area contributed by atoms with E-state index in [9.17, 15) is 18.0 Å². The molecule has 8 heteroatoms. The Hall–Kier alpha value is -2.35. The molecule has 0 atom stereocenters. The molecule has 0 bridgehead atoms. The van der Waals surface area contributed by atoms with E-state index in [1.807, 2.05) is 11.9 Å². The molecule has 0 aliphatic carbocycles. The number of halogens is 3. The molecule has 2 N–H and O–H groups in total. The van der Waals surface area contributed by atoms with Crippen LogP contribution in [0.3, 0.4) is 0 Å². The first-order valence-corrected chi connectivity index (χ1v) is 7.11. The van der Waals surface area contributed by atoms with Crippen LogP contribution in [0, 0.1) is 17.5 Å². The molecule has 2 aromatic rings. The van der Waals surface area contributed by atoms with Crippen molar-refractivity contribution < 1.29 is 18.0 Å². The second-order valence-corrected chi connectivity index (χ2v) is 5.58. The lowest BCUT2D eigenvalue weighted by atomic mass is 10.2. The zero-order valence-electron chi connectivity index (χ0n) is 12.4. The summed E-state index contributed by atoms with van der Waals surface area (Å²) in [6, 6.07) is 1.22. The van der Waals surface area contributed by atoms with Crippen molar-refractivity contribution >= 4 is 5.91 Å². The lowest BCUT2D eigenvalue weighted by molar-refractivity contribution is 0.0994. The van der Waals surface area contributed by atoms with Crippen LogP contribution in [0.25, 0.3) is 11.4 Å². The van der Waals surface area contributed by atoms with E-state index >= 15 is 0 Å². The molecule has 122 valence electrons. The molecule has 0 saturated heterocycles. The van der Waals surface area contributed by atoms with Crippen molar-refractivity contribution in [3.8, 4) is 11.4 Å². The van der Waals surface area contributed by atoms with E-state index in [1.165, 1.54) is 0 Å². The molecular formula is C15H15F3N4O. The Morgan fingerprint density at radius 3 is 2.57 bits per heavy atom. The van der Waals surface area contributed by atoms with Gasteiger partial charge in [0.2, 0.25) is 0 Å². The summed E-state index contributed by atoms with van der Waals surface area (Å²) in [5.74, 6) is -4.04. The minimum atomic E-state index is -1.27. The van der Waals surface area contributed by atoms with Gasteiger partial charge in [0.1, 0.15) is 11.6 Å². The van der Waals surface area contributed by atoms with E-state index in [0.29, 0.717) is 24.8 Å². The van der Waals surface area contributed by atoms with Crippen LogP contribution in [0.5, 0.6) is 0 Å². The highest BCUT2D eigenvalue weighted by molar-refractivity contribution is 5.93. The average Bonchev–Trinajstić information content (AvgIpc) is 2.70. The van der Waals surface area contributed by atoms with Gasteiger partial charge in [0.15, 0.2) is 17.3 Å². The molecule has 1 aromatic carbocycles. The van der Waals surface area contributed by atoms with Gasteiger partial charge in [-0.15, -0.1) is 0 Å². The Bertz CT molecular complexity index is 788. The molecule has 0 radical (unpaired) electrons. The van der Waals surface area contributed by atoms with Crippen LogP contribution in [-0.4, -0.2) is 34.0 Å². The molecular weight excluding hydrogens is 309 g/mol. The average molecular weight is 324 g/mol. The molecule has 1 aromatic heterocycles. The summed E-state index contributed by atoms with van der Waals surface area (Å²) in [5, 5.41) is 0. The molecule has 2 heterocycles. The number of hydrogen-bond donors (Lipinski definition) is 1. The minimum absolute atomic E-state index is 0.0258. The Balaban J connectivity index is 2.23. The normalized spacial score (nSPS) is 15.3. The van der Waals surface area contributed by atoms with E-state index in [2.05, 4.69) is 4.98 Å². The number of fused-ring (bicyclic) bond motifs is 1. The first-order valence-electron chi connectivity index (χ1n) is 7.11. The maximum atomic E-state index is 14.1. The fraction of sp³-hybridized carbons (Fsp3) is 0.333. The number of imidazole rings is 1. The summed E-state index contributed by atoms with van der Waals surface area (Å²) < 4.78 is 42.4. The van der Waals surface area contributed by atoms with Crippen LogP contribution < -0.4 is 5.73 Å². The summed E-state index contributed by atoms with van der Waals surface area (Å²) in [5.41, 5.74) is 5.74. The molecule has 23 heavy (non-hydrogen) atoms. The van der Waals surface area contributed by atoms with Crippen LogP contribution in [0.15, 0.2) is 12.1 Å². The van der Waals surface area contributed by atoms with Crippen molar-refractivity contribution in [1.29, 1.82) is 0 Å². The number of carbonyl (C=O) groups excluding carboxylic acids is 1. The van der Waals surface area contributed by atoms with Gasteiger partial charge in [-0.1, -0.05) is 0 Å². The van der Waals surface area contributed by atoms with Crippen molar-refractivity contribution in [2.45, 2.75) is 19.5 Å². The van der Waals surface area contributed by atoms with Crippen LogP contribution in [0.1, 0.15) is 22.6 Å². The van der Waals surface area contributed by atoms with E-state index in [-0.39, 0.29) is 17.1 Å². The minimum Gasteiger partial charge on any atom is -0.364 e. The fourth-order valence-corrected chi connectivity index (χ4v) is 2.82. The molecule has 1 amide bonds. The largest absolute Gasteiger partial charge is 0.364 e. The lowest BCUT2D eigenvalue weighted by Gasteiger charge is -2.12. The Morgan fingerprint density at radius 2 is 1.87 bits per heavy atom. The fourth-order valence-electron chi connectivity index (χ4n) is 2.82. The number of nitrogens with zero attached hydrogens (tertiary/aromatic N) is 3. The Morgan fingerprint density at radius 1 is 1.17 bits per heavy atom. The first-order chi connectivity index (χ1) is 10.9. The SMILES string of the molecule is CN1CCCn2c(-c3cc(F)c(F)cc3F)nc(C(N)=O)c2C1. The summed E-state index contributed by atoms with van der Waals surface area (Å²) in [4.78, 5) is 17.7. The van der Waals surface area contributed by atoms with Gasteiger partial charge in [0.05, 0.1) is 11.3 Å². The molecule has 3 rings (SSSR count). The molecule has 1 aliphatic rings. The summed E-state index contributed by atoms with van der Waals surface area (Å²) >= 11 is 0. The van der Waals surface area contributed by atoms with Crippen LogP contribution >= 0.6 is 0 Å². The number of rotatable bonds is 2. The number of aromatic nitrogens is 2. The Kier molecular flexibility index (Phi) is 3.85. The van der Waals surface area contributed by atoms with Gasteiger partial charge < -0.3 is 15.2 Å². The number of hydrogen-bond acceptors (Lipinski definition) is 3. The molecule has 0 fully saturated rings. The topological polar surface area (TPSA) is 64.2 Å². The van der Waals surface area contributed by atoms with Gasteiger partial charge in [0, 0.05) is 19.2 Å². The van der Waals surface area contributed by atoms with Crippen molar-refractivity contribution in [2.24, 2.45) is 5.73 Å². The maximum absolute atomic E-state index is 14.1. The van der Waals surface area contributed by atoms with Crippen LogP contribution in [-0.2, 0) is 13.1 Å². The zero-order chi connectivity index (χ0) is 16.7. The van der Waals surface area contributed by atoms with Gasteiger partial charge in [-0.05, 0) is 26.1 Å². The van der Waals surface area contributed by atoms with Gasteiger partial charge in [-0.3, -0.25) is 4.79 Å². The predicted molar refractivity (Wildman–Crippen MR) is 77.0 cm³/mol. The highest BCUT2D eigenvalue weighted by atomic mass is 19.2. The van der Waals surface area contributed by atoms with Gasteiger partial charge in [-0.2, -0.15) is 0 Å². The third-order valence-corrected chi connectivity index (χ3v) is 3.90. The van der Waals surface area contributed by atoms with Crippen molar-refractivity contribution in [3.05, 3.63) is 41.0 Å². The number of nitrogens with two attached hydrogens (primary N) is 1. The molecule has 0 unspecified atom stereocenters. The molecule has 1 aliphatic heterocycles. The van der Waals surface area contributed by atoms with Gasteiger partial charge in [-0.25, -0.2) is 18.2 Å². The van der Waals surface area contributed by atoms with E-state index in [4.69, 9.17) is 5.73 Å². The van der Waals surface area contributed by atoms with Gasteiger partial charge >= 0.3 is 0 Å². The second kappa shape index (κ2) is 5.69. The summed E-state index contributed by atoms with van der Waals surface area (Å²) in [6.07, 6.45) is 0.746. The van der Waals surface area contributed by atoms with Crippen LogP contribution in [0.4, 0.5) is 13.2 Å². The standard InChI is InChI=1S/C15H15F3N4O/c1-21-3-2-4-22-12(7-21)13(14(19)23)20-15(22)8-5-10(17)11(18)6-9(8)16/h5-6H,2-4,7H2,1H3,(H2,19,23). The number of benzene rings is 1. The van der Waals surface area contributed by atoms with Crippen LogP contribution in [0.2, 0.25) is 0 Å². The molecule has 0 spiro atoms. The smallest absolute Gasteiger partial charge is 0.269 e. The zero-order valence-corrected chi connectivity index (χ0v) is 12.4. The monoisotopic (exact) mass is 324 g/mol. The summed E-state index contributed by atoms with van der Waals surface area (Å²) in [6.45, 7) is 1.67. The molecule has 5 nitrogen and oxygen atoms in total. The Labute approximate surface area is 130 Å². The highest BCUT2D eigenvalue weighted by Gasteiger charge is 2.26. The van der Waals surface area contributed by atoms with Crippen molar-refractivity contribution in [1.82, 2.24) is 14.5 Å². The third kappa shape index (κ3) is 2.70. The number of primary amides is 1. The van der Waals surface area contributed by atoms with Gasteiger partial charge in [0.25, 0.3) is 5.91 Å². The molecule has 0 saturated carbocycles. The highest BCUT2D eigenvalue weighted by Crippen LogP contribution is 2.29. The van der Waals surface area contributed by atoms with E-state index in [0.717, 1.165) is 19.0 Å². The number of amides is 1. The summed E-state index contributed by atoms with van der Waals surface area (Å²) in [7, 11) is 1.88. The maximum Gasteiger partial charge on any atom is 0.269 e. The lowest BCUT2D eigenvalue weighted by Crippen LogP contribution is -2.21. The predicted octanol–water partition coefficient (Wildman–Crippen LogP) is 1.90. The van der Waals surface area contributed by atoms with Crippen molar-refractivity contribution in [3.63, 3.8) is 0 Å².